The minimum Gasteiger partial charge on any atom is -0.471 e. The Hall–Kier alpha value is -1.85. The van der Waals surface area contributed by atoms with Crippen molar-refractivity contribution in [3.63, 3.8) is 0 Å². The Labute approximate surface area is 183 Å². The molecule has 2 unspecified atom stereocenters. The van der Waals surface area contributed by atoms with E-state index in [-0.39, 0.29) is 6.10 Å². The van der Waals surface area contributed by atoms with E-state index in [4.69, 9.17) is 9.84 Å². The zero-order valence-corrected chi connectivity index (χ0v) is 19.5. The number of fused-ring (bicyclic) bond motifs is 1. The van der Waals surface area contributed by atoms with Gasteiger partial charge in [-0.2, -0.15) is 0 Å². The highest BCUT2D eigenvalue weighted by Gasteiger charge is 2.23. The first kappa shape index (κ1) is 21.8. The molecular formula is C24H32BrN3O. The van der Waals surface area contributed by atoms with Gasteiger partial charge in [-0.1, -0.05) is 73.0 Å². The van der Waals surface area contributed by atoms with Crippen molar-refractivity contribution in [2.45, 2.75) is 45.8 Å². The van der Waals surface area contributed by atoms with Gasteiger partial charge in [0.05, 0.1) is 17.4 Å². The summed E-state index contributed by atoms with van der Waals surface area (Å²) in [5.41, 5.74) is 2.32. The number of unbranched alkanes of at least 4 members (excludes halogenated alkanes) is 1. The van der Waals surface area contributed by atoms with E-state index in [1.54, 1.807) is 0 Å². The average Bonchev–Trinajstić information content (AvgIpc) is 3.02. The normalized spacial score (nSPS) is 13.7. The molecule has 29 heavy (non-hydrogen) atoms. The Balaban J connectivity index is 1.93. The van der Waals surface area contributed by atoms with Crippen LogP contribution < -0.4 is 4.74 Å². The summed E-state index contributed by atoms with van der Waals surface area (Å²) in [5.74, 6) is 1.20. The van der Waals surface area contributed by atoms with Gasteiger partial charge in [0.2, 0.25) is 5.88 Å². The molecule has 0 saturated carbocycles. The van der Waals surface area contributed by atoms with Gasteiger partial charge in [-0.3, -0.25) is 4.68 Å². The second kappa shape index (κ2) is 10.3. The molecule has 1 aromatic heterocycles. The molecule has 0 aliphatic heterocycles. The monoisotopic (exact) mass is 457 g/mol. The van der Waals surface area contributed by atoms with Crippen LogP contribution in [0.3, 0.4) is 0 Å². The minimum atomic E-state index is 0.110. The number of hydrogen-bond donors (Lipinski definition) is 0. The molecule has 0 amide bonds. The van der Waals surface area contributed by atoms with Crippen LogP contribution in [0.5, 0.6) is 5.88 Å². The third kappa shape index (κ3) is 5.83. The Morgan fingerprint density at radius 3 is 2.59 bits per heavy atom. The molecule has 0 bridgehead atoms. The first-order valence-electron chi connectivity index (χ1n) is 10.5. The Bertz CT molecular complexity index is 907. The number of rotatable bonds is 10. The maximum Gasteiger partial charge on any atom is 0.241 e. The van der Waals surface area contributed by atoms with Crippen LogP contribution in [0.2, 0.25) is 0 Å². The van der Waals surface area contributed by atoms with Crippen molar-refractivity contribution in [3.05, 3.63) is 58.6 Å². The van der Waals surface area contributed by atoms with E-state index in [0.717, 1.165) is 34.3 Å². The lowest BCUT2D eigenvalue weighted by Crippen LogP contribution is -2.36. The van der Waals surface area contributed by atoms with E-state index in [9.17, 15) is 0 Å². The SMILES string of the molecule is CCCCC(C)C(CN(C)C)Oc1nn(Cc2ccccc2)c2ccc(Br)cc12. The van der Waals surface area contributed by atoms with Crippen LogP contribution in [0.15, 0.2) is 53.0 Å². The number of nitrogens with zero attached hydrogens (tertiary/aromatic N) is 3. The van der Waals surface area contributed by atoms with Crippen molar-refractivity contribution in [2.75, 3.05) is 20.6 Å². The summed E-state index contributed by atoms with van der Waals surface area (Å²) in [6.45, 7) is 6.14. The second-order valence-electron chi connectivity index (χ2n) is 8.15. The molecule has 0 fully saturated rings. The first-order chi connectivity index (χ1) is 14.0. The first-order valence-corrected chi connectivity index (χ1v) is 11.3. The van der Waals surface area contributed by atoms with Crippen LogP contribution in [0.1, 0.15) is 38.7 Å². The van der Waals surface area contributed by atoms with Crippen molar-refractivity contribution >= 4 is 26.8 Å². The van der Waals surface area contributed by atoms with Gasteiger partial charge < -0.3 is 9.64 Å². The number of hydrogen-bond acceptors (Lipinski definition) is 3. The van der Waals surface area contributed by atoms with Crippen LogP contribution in [0, 0.1) is 5.92 Å². The van der Waals surface area contributed by atoms with Gasteiger partial charge >= 0.3 is 0 Å². The van der Waals surface area contributed by atoms with Crippen LogP contribution >= 0.6 is 15.9 Å². The summed E-state index contributed by atoms with van der Waals surface area (Å²) in [4.78, 5) is 2.20. The number of ether oxygens (including phenoxy) is 1. The molecule has 0 saturated heterocycles. The summed E-state index contributed by atoms with van der Waals surface area (Å²) >= 11 is 3.61. The van der Waals surface area contributed by atoms with E-state index < -0.39 is 0 Å². The van der Waals surface area contributed by atoms with Gasteiger partial charge in [-0.05, 0) is 50.2 Å². The predicted octanol–water partition coefficient (Wildman–Crippen LogP) is 5.98. The fourth-order valence-corrected chi connectivity index (χ4v) is 4.00. The lowest BCUT2D eigenvalue weighted by Gasteiger charge is -2.27. The van der Waals surface area contributed by atoms with Gasteiger partial charge in [0.1, 0.15) is 6.10 Å². The largest absolute Gasteiger partial charge is 0.471 e. The molecule has 0 spiro atoms. The third-order valence-electron chi connectivity index (χ3n) is 5.31. The van der Waals surface area contributed by atoms with E-state index in [1.165, 1.54) is 24.8 Å². The second-order valence-corrected chi connectivity index (χ2v) is 9.06. The van der Waals surface area contributed by atoms with Gasteiger partial charge in [0, 0.05) is 11.0 Å². The zero-order valence-electron chi connectivity index (χ0n) is 17.9. The summed E-state index contributed by atoms with van der Waals surface area (Å²) < 4.78 is 9.67. The summed E-state index contributed by atoms with van der Waals surface area (Å²) in [6.07, 6.45) is 3.71. The molecule has 0 radical (unpaired) electrons. The maximum absolute atomic E-state index is 6.58. The van der Waals surface area contributed by atoms with Crippen LogP contribution in [-0.2, 0) is 6.54 Å². The number of benzene rings is 2. The van der Waals surface area contributed by atoms with Crippen molar-refractivity contribution in [1.29, 1.82) is 0 Å². The lowest BCUT2D eigenvalue weighted by atomic mass is 9.97. The molecular weight excluding hydrogens is 426 g/mol. The van der Waals surface area contributed by atoms with Crippen LogP contribution in [0.25, 0.3) is 10.9 Å². The van der Waals surface area contributed by atoms with Gasteiger partial charge in [0.15, 0.2) is 0 Å². The molecule has 2 aromatic carbocycles. The summed E-state index contributed by atoms with van der Waals surface area (Å²) in [6, 6.07) is 16.7. The van der Waals surface area contributed by atoms with E-state index in [1.807, 2.05) is 6.07 Å². The molecule has 0 aliphatic carbocycles. The molecule has 3 rings (SSSR count). The molecule has 5 heteroatoms. The standard InChI is InChI=1S/C24H32BrN3O/c1-5-6-10-18(2)23(17-27(3)4)29-24-21-15-20(25)13-14-22(21)28(26-24)16-19-11-8-7-9-12-19/h7-9,11-15,18,23H,5-6,10,16-17H2,1-4H3. The quantitative estimate of drug-likeness (QED) is 0.374. The van der Waals surface area contributed by atoms with Crippen molar-refractivity contribution in [3.8, 4) is 5.88 Å². The maximum atomic E-state index is 6.58. The number of likely N-dealkylation sites (N-methyl/N-ethyl adjacent to an activating group) is 1. The molecule has 0 N–H and O–H groups in total. The highest BCUT2D eigenvalue weighted by Crippen LogP contribution is 2.31. The average molecular weight is 458 g/mol. The number of halogens is 1. The van der Waals surface area contributed by atoms with E-state index in [0.29, 0.717) is 5.92 Å². The topological polar surface area (TPSA) is 30.3 Å². The Morgan fingerprint density at radius 2 is 1.90 bits per heavy atom. The Kier molecular flexibility index (Phi) is 7.73. The summed E-state index contributed by atoms with van der Waals surface area (Å²) in [7, 11) is 4.21. The molecule has 0 aliphatic rings. The van der Waals surface area contributed by atoms with Gasteiger partial charge in [-0.25, -0.2) is 0 Å². The summed E-state index contributed by atoms with van der Waals surface area (Å²) in [5, 5.41) is 5.95. The molecule has 2 atom stereocenters. The highest BCUT2D eigenvalue weighted by molar-refractivity contribution is 9.10. The van der Waals surface area contributed by atoms with Crippen molar-refractivity contribution in [2.24, 2.45) is 5.92 Å². The zero-order chi connectivity index (χ0) is 20.8. The fourth-order valence-electron chi connectivity index (χ4n) is 3.63. The Morgan fingerprint density at radius 1 is 1.14 bits per heavy atom. The van der Waals surface area contributed by atoms with E-state index >= 15 is 0 Å². The molecule has 1 heterocycles. The van der Waals surface area contributed by atoms with Gasteiger partial charge in [-0.15, -0.1) is 5.10 Å². The van der Waals surface area contributed by atoms with Crippen LogP contribution in [-0.4, -0.2) is 41.4 Å². The number of aromatic nitrogens is 2. The van der Waals surface area contributed by atoms with Crippen molar-refractivity contribution in [1.82, 2.24) is 14.7 Å². The third-order valence-corrected chi connectivity index (χ3v) is 5.80. The lowest BCUT2D eigenvalue weighted by molar-refractivity contribution is 0.100. The predicted molar refractivity (Wildman–Crippen MR) is 125 cm³/mol. The van der Waals surface area contributed by atoms with Crippen molar-refractivity contribution < 1.29 is 4.74 Å². The smallest absolute Gasteiger partial charge is 0.241 e. The van der Waals surface area contributed by atoms with Crippen LogP contribution in [0.4, 0.5) is 0 Å². The highest BCUT2D eigenvalue weighted by atomic mass is 79.9. The molecule has 3 aromatic rings. The van der Waals surface area contributed by atoms with E-state index in [2.05, 4.69) is 95.9 Å². The fraction of sp³-hybridized carbons (Fsp3) is 0.458. The molecule has 4 nitrogen and oxygen atoms in total. The van der Waals surface area contributed by atoms with Gasteiger partial charge in [0.25, 0.3) is 0 Å². The molecule has 156 valence electrons. The minimum absolute atomic E-state index is 0.110.